The summed E-state index contributed by atoms with van der Waals surface area (Å²) in [4.78, 5) is 24.2. The van der Waals surface area contributed by atoms with E-state index < -0.39 is 0 Å². The van der Waals surface area contributed by atoms with E-state index in [1.54, 1.807) is 0 Å². The SMILES string of the molecule is Cc1ccc(C(CC(=O)NCC(=O)Nc2ccccc2)C(C)C)cc1. The fraction of sp³-hybridized carbons (Fsp3) is 0.333. The average Bonchev–Trinajstić information content (AvgIpc) is 2.59. The lowest BCUT2D eigenvalue weighted by atomic mass is 9.85. The first-order chi connectivity index (χ1) is 12.0. The zero-order valence-electron chi connectivity index (χ0n) is 15.1. The Morgan fingerprint density at radius 2 is 1.56 bits per heavy atom. The summed E-state index contributed by atoms with van der Waals surface area (Å²) in [7, 11) is 0. The molecule has 4 nitrogen and oxygen atoms in total. The number of carbonyl (C=O) groups excluding carboxylic acids is 2. The van der Waals surface area contributed by atoms with Crippen LogP contribution in [0.3, 0.4) is 0 Å². The molecule has 25 heavy (non-hydrogen) atoms. The molecule has 2 aromatic rings. The van der Waals surface area contributed by atoms with Crippen molar-refractivity contribution in [3.63, 3.8) is 0 Å². The molecule has 2 aromatic carbocycles. The lowest BCUT2D eigenvalue weighted by Crippen LogP contribution is -2.34. The molecule has 2 N–H and O–H groups in total. The largest absolute Gasteiger partial charge is 0.347 e. The van der Waals surface area contributed by atoms with E-state index in [1.807, 2.05) is 37.3 Å². The third-order valence-electron chi connectivity index (χ3n) is 4.22. The van der Waals surface area contributed by atoms with Gasteiger partial charge in [-0.3, -0.25) is 9.59 Å². The molecule has 132 valence electrons. The molecule has 0 radical (unpaired) electrons. The van der Waals surface area contributed by atoms with E-state index in [0.29, 0.717) is 12.3 Å². The van der Waals surface area contributed by atoms with Crippen LogP contribution in [-0.2, 0) is 9.59 Å². The maximum absolute atomic E-state index is 12.3. The van der Waals surface area contributed by atoms with Gasteiger partial charge in [-0.2, -0.15) is 0 Å². The van der Waals surface area contributed by atoms with Crippen molar-refractivity contribution in [1.29, 1.82) is 0 Å². The molecular weight excluding hydrogens is 312 g/mol. The Kier molecular flexibility index (Phi) is 6.75. The molecule has 0 aliphatic rings. The quantitative estimate of drug-likeness (QED) is 0.805. The van der Waals surface area contributed by atoms with Crippen molar-refractivity contribution >= 4 is 17.5 Å². The van der Waals surface area contributed by atoms with E-state index in [2.05, 4.69) is 48.7 Å². The maximum Gasteiger partial charge on any atom is 0.243 e. The number of aryl methyl sites for hydroxylation is 1. The molecule has 0 heterocycles. The second-order valence-electron chi connectivity index (χ2n) is 6.66. The molecule has 0 saturated heterocycles. The molecule has 0 fully saturated rings. The van der Waals surface area contributed by atoms with Crippen molar-refractivity contribution < 1.29 is 9.59 Å². The van der Waals surface area contributed by atoms with E-state index in [-0.39, 0.29) is 24.3 Å². The molecular formula is C21H26N2O2. The molecule has 0 spiro atoms. The molecule has 0 aliphatic carbocycles. The van der Waals surface area contributed by atoms with Crippen molar-refractivity contribution in [3.05, 3.63) is 65.7 Å². The maximum atomic E-state index is 12.3. The van der Waals surface area contributed by atoms with Gasteiger partial charge in [0.2, 0.25) is 11.8 Å². The standard InChI is InChI=1S/C21H26N2O2/c1-15(2)19(17-11-9-16(3)10-12-17)13-20(24)22-14-21(25)23-18-7-5-4-6-8-18/h4-12,15,19H,13-14H2,1-3H3,(H,22,24)(H,23,25). The number of carbonyl (C=O) groups is 2. The number of hydrogen-bond acceptors (Lipinski definition) is 2. The van der Waals surface area contributed by atoms with E-state index in [1.165, 1.54) is 5.56 Å². The van der Waals surface area contributed by atoms with Gasteiger partial charge in [0, 0.05) is 12.1 Å². The highest BCUT2D eigenvalue weighted by atomic mass is 16.2. The van der Waals surface area contributed by atoms with Crippen LogP contribution in [0.2, 0.25) is 0 Å². The minimum Gasteiger partial charge on any atom is -0.347 e. The number of nitrogens with one attached hydrogen (secondary N) is 2. The van der Waals surface area contributed by atoms with Crippen molar-refractivity contribution in [1.82, 2.24) is 5.32 Å². The Morgan fingerprint density at radius 3 is 2.16 bits per heavy atom. The predicted octanol–water partition coefficient (Wildman–Crippen LogP) is 3.88. The molecule has 0 bridgehead atoms. The van der Waals surface area contributed by atoms with E-state index in [0.717, 1.165) is 11.3 Å². The number of benzene rings is 2. The number of para-hydroxylation sites is 1. The Hall–Kier alpha value is -2.62. The summed E-state index contributed by atoms with van der Waals surface area (Å²) in [5, 5.41) is 5.48. The molecule has 2 amide bonds. The van der Waals surface area contributed by atoms with Gasteiger partial charge in [0.1, 0.15) is 0 Å². The minimum absolute atomic E-state index is 0.0214. The summed E-state index contributed by atoms with van der Waals surface area (Å²) in [6, 6.07) is 17.5. The van der Waals surface area contributed by atoms with Crippen molar-refractivity contribution in [2.45, 2.75) is 33.1 Å². The van der Waals surface area contributed by atoms with Gasteiger partial charge in [0.05, 0.1) is 6.54 Å². The van der Waals surface area contributed by atoms with Gasteiger partial charge in [-0.15, -0.1) is 0 Å². The summed E-state index contributed by atoms with van der Waals surface area (Å²) in [5.74, 6) is 0.142. The zero-order valence-corrected chi connectivity index (χ0v) is 15.1. The zero-order chi connectivity index (χ0) is 18.2. The number of hydrogen-bond donors (Lipinski definition) is 2. The topological polar surface area (TPSA) is 58.2 Å². The molecule has 1 atom stereocenters. The summed E-state index contributed by atoms with van der Waals surface area (Å²) in [6.45, 7) is 6.25. The smallest absolute Gasteiger partial charge is 0.243 e. The first-order valence-corrected chi connectivity index (χ1v) is 8.64. The molecule has 0 saturated carbocycles. The van der Waals surface area contributed by atoms with Crippen LogP contribution < -0.4 is 10.6 Å². The molecule has 2 rings (SSSR count). The predicted molar refractivity (Wildman–Crippen MR) is 101 cm³/mol. The first-order valence-electron chi connectivity index (χ1n) is 8.64. The molecule has 4 heteroatoms. The number of anilines is 1. The van der Waals surface area contributed by atoms with Crippen LogP contribution >= 0.6 is 0 Å². The van der Waals surface area contributed by atoms with Gasteiger partial charge in [-0.1, -0.05) is 61.9 Å². The third-order valence-corrected chi connectivity index (χ3v) is 4.22. The average molecular weight is 338 g/mol. The Bertz CT molecular complexity index is 694. The Morgan fingerprint density at radius 1 is 0.920 bits per heavy atom. The molecule has 0 aromatic heterocycles. The fourth-order valence-electron chi connectivity index (χ4n) is 2.73. The van der Waals surface area contributed by atoms with Crippen LogP contribution in [-0.4, -0.2) is 18.4 Å². The van der Waals surface area contributed by atoms with Crippen molar-refractivity contribution in [3.8, 4) is 0 Å². The van der Waals surface area contributed by atoms with Gasteiger partial charge in [0.25, 0.3) is 0 Å². The summed E-state index contributed by atoms with van der Waals surface area (Å²) < 4.78 is 0. The van der Waals surface area contributed by atoms with Crippen LogP contribution in [0.1, 0.15) is 37.3 Å². The molecule has 0 aliphatic heterocycles. The van der Waals surface area contributed by atoms with Crippen LogP contribution in [0.5, 0.6) is 0 Å². The third kappa shape index (κ3) is 6.07. The van der Waals surface area contributed by atoms with Gasteiger partial charge >= 0.3 is 0 Å². The lowest BCUT2D eigenvalue weighted by Gasteiger charge is -2.21. The van der Waals surface area contributed by atoms with E-state index in [9.17, 15) is 9.59 Å². The van der Waals surface area contributed by atoms with Crippen LogP contribution in [0.15, 0.2) is 54.6 Å². The lowest BCUT2D eigenvalue weighted by molar-refractivity contribution is -0.124. The van der Waals surface area contributed by atoms with Crippen LogP contribution in [0, 0.1) is 12.8 Å². The van der Waals surface area contributed by atoms with E-state index in [4.69, 9.17) is 0 Å². The van der Waals surface area contributed by atoms with Gasteiger partial charge in [-0.25, -0.2) is 0 Å². The highest BCUT2D eigenvalue weighted by molar-refractivity contribution is 5.94. The highest BCUT2D eigenvalue weighted by Gasteiger charge is 2.19. The summed E-state index contributed by atoms with van der Waals surface area (Å²) in [5.41, 5.74) is 3.08. The molecule has 1 unspecified atom stereocenters. The van der Waals surface area contributed by atoms with E-state index >= 15 is 0 Å². The monoisotopic (exact) mass is 338 g/mol. The number of amides is 2. The van der Waals surface area contributed by atoms with Gasteiger partial charge < -0.3 is 10.6 Å². The minimum atomic E-state index is -0.226. The Labute approximate surface area is 149 Å². The van der Waals surface area contributed by atoms with Crippen LogP contribution in [0.4, 0.5) is 5.69 Å². The Balaban J connectivity index is 1.86. The van der Waals surface area contributed by atoms with Gasteiger partial charge in [-0.05, 0) is 36.5 Å². The van der Waals surface area contributed by atoms with Crippen molar-refractivity contribution in [2.24, 2.45) is 5.92 Å². The number of rotatable bonds is 7. The second-order valence-corrected chi connectivity index (χ2v) is 6.66. The second kappa shape index (κ2) is 9.02. The van der Waals surface area contributed by atoms with Gasteiger partial charge in [0.15, 0.2) is 0 Å². The van der Waals surface area contributed by atoms with Crippen molar-refractivity contribution in [2.75, 3.05) is 11.9 Å². The van der Waals surface area contributed by atoms with Crippen LogP contribution in [0.25, 0.3) is 0 Å². The first kappa shape index (κ1) is 18.7. The summed E-state index contributed by atoms with van der Waals surface area (Å²) in [6.07, 6.45) is 0.374. The highest BCUT2D eigenvalue weighted by Crippen LogP contribution is 2.28. The normalized spacial score (nSPS) is 11.8. The summed E-state index contributed by atoms with van der Waals surface area (Å²) >= 11 is 0. The fourth-order valence-corrected chi connectivity index (χ4v) is 2.73.